The summed E-state index contributed by atoms with van der Waals surface area (Å²) in [6.45, 7) is 8.71. The van der Waals surface area contributed by atoms with Gasteiger partial charge >= 0.3 is 0 Å². The molecule has 104 valence electrons. The highest BCUT2D eigenvalue weighted by molar-refractivity contribution is 9.10. The van der Waals surface area contributed by atoms with Crippen LogP contribution in [-0.2, 0) is 0 Å². The first-order valence-electron chi connectivity index (χ1n) is 6.61. The topological polar surface area (TPSA) is 32.5 Å². The maximum absolute atomic E-state index is 5.84. The van der Waals surface area contributed by atoms with E-state index in [-0.39, 0.29) is 0 Å². The Morgan fingerprint density at radius 3 is 2.79 bits per heavy atom. The third-order valence-electron chi connectivity index (χ3n) is 3.74. The normalized spacial score (nSPS) is 20.6. The first kappa shape index (κ1) is 14.8. The molecule has 0 radical (unpaired) electrons. The lowest BCUT2D eigenvalue weighted by Crippen LogP contribution is -2.52. The number of piperazine rings is 1. The highest BCUT2D eigenvalue weighted by atomic mass is 79.9. The Bertz CT molecular complexity index is 478. The Morgan fingerprint density at radius 1 is 1.47 bits per heavy atom. The largest absolute Gasteiger partial charge is 0.389 e. The second kappa shape index (κ2) is 6.20. The van der Waals surface area contributed by atoms with Gasteiger partial charge in [-0.05, 0) is 31.7 Å². The van der Waals surface area contributed by atoms with Crippen LogP contribution in [0.1, 0.15) is 19.4 Å². The number of rotatable bonds is 3. The van der Waals surface area contributed by atoms with E-state index in [9.17, 15) is 0 Å². The van der Waals surface area contributed by atoms with E-state index in [1.165, 1.54) is 0 Å². The highest BCUT2D eigenvalue weighted by Crippen LogP contribution is 2.27. The van der Waals surface area contributed by atoms with Crippen LogP contribution in [0.3, 0.4) is 0 Å². The van der Waals surface area contributed by atoms with Crippen LogP contribution in [0.4, 0.5) is 5.69 Å². The standard InChI is InChI=1S/C14H20BrN3S/c1-3-17-6-7-18(9-10(17)2)13-8-11(15)4-5-12(13)14(16)19/h4-5,8,10H,3,6-7,9H2,1-2H3,(H2,16,19). The maximum Gasteiger partial charge on any atom is 0.106 e. The van der Waals surface area contributed by atoms with Gasteiger partial charge in [0.2, 0.25) is 0 Å². The summed E-state index contributed by atoms with van der Waals surface area (Å²) in [5.74, 6) is 0. The van der Waals surface area contributed by atoms with Gasteiger partial charge in [0, 0.05) is 41.4 Å². The number of hydrogen-bond donors (Lipinski definition) is 1. The lowest BCUT2D eigenvalue weighted by atomic mass is 10.1. The van der Waals surface area contributed by atoms with Gasteiger partial charge in [0.15, 0.2) is 0 Å². The van der Waals surface area contributed by atoms with Crippen molar-refractivity contribution in [3.05, 3.63) is 28.2 Å². The van der Waals surface area contributed by atoms with Gasteiger partial charge in [-0.2, -0.15) is 0 Å². The first-order valence-corrected chi connectivity index (χ1v) is 7.81. The molecule has 1 aliphatic rings. The smallest absolute Gasteiger partial charge is 0.106 e. The van der Waals surface area contributed by atoms with Crippen molar-refractivity contribution in [2.45, 2.75) is 19.9 Å². The molecule has 0 aromatic heterocycles. The number of thiocarbonyl (C=S) groups is 1. The number of hydrogen-bond acceptors (Lipinski definition) is 3. The Hall–Kier alpha value is -0.650. The average Bonchev–Trinajstić information content (AvgIpc) is 2.38. The summed E-state index contributed by atoms with van der Waals surface area (Å²) in [5, 5.41) is 0. The van der Waals surface area contributed by atoms with Crippen molar-refractivity contribution in [2.75, 3.05) is 31.1 Å². The molecular weight excluding hydrogens is 322 g/mol. The van der Waals surface area contributed by atoms with E-state index in [4.69, 9.17) is 18.0 Å². The van der Waals surface area contributed by atoms with Crippen LogP contribution < -0.4 is 10.6 Å². The van der Waals surface area contributed by atoms with Crippen LogP contribution >= 0.6 is 28.1 Å². The van der Waals surface area contributed by atoms with Gasteiger partial charge in [0.1, 0.15) is 4.99 Å². The zero-order chi connectivity index (χ0) is 14.0. The second-order valence-corrected chi connectivity index (χ2v) is 6.30. The summed E-state index contributed by atoms with van der Waals surface area (Å²) < 4.78 is 1.06. The Labute approximate surface area is 128 Å². The molecule has 0 saturated carbocycles. The molecule has 1 aromatic rings. The number of nitrogens with two attached hydrogens (primary N) is 1. The summed E-state index contributed by atoms with van der Waals surface area (Å²) in [6, 6.07) is 6.66. The molecule has 0 amide bonds. The molecule has 1 aliphatic heterocycles. The van der Waals surface area contributed by atoms with E-state index in [0.717, 1.165) is 41.9 Å². The van der Waals surface area contributed by atoms with Crippen LogP contribution in [0.5, 0.6) is 0 Å². The predicted octanol–water partition coefficient (Wildman–Crippen LogP) is 2.61. The van der Waals surface area contributed by atoms with Gasteiger partial charge in [-0.25, -0.2) is 0 Å². The van der Waals surface area contributed by atoms with Gasteiger partial charge in [-0.1, -0.05) is 35.1 Å². The quantitative estimate of drug-likeness (QED) is 0.856. The van der Waals surface area contributed by atoms with Gasteiger partial charge in [0.05, 0.1) is 0 Å². The molecule has 1 heterocycles. The minimum absolute atomic E-state index is 0.466. The summed E-state index contributed by atoms with van der Waals surface area (Å²) in [4.78, 5) is 5.35. The molecule has 1 unspecified atom stereocenters. The highest BCUT2D eigenvalue weighted by Gasteiger charge is 2.24. The molecule has 1 atom stereocenters. The minimum Gasteiger partial charge on any atom is -0.389 e. The Kier molecular flexibility index (Phi) is 4.81. The summed E-state index contributed by atoms with van der Waals surface area (Å²) in [5.41, 5.74) is 7.95. The summed E-state index contributed by atoms with van der Waals surface area (Å²) >= 11 is 8.69. The zero-order valence-corrected chi connectivity index (χ0v) is 13.8. The summed E-state index contributed by atoms with van der Waals surface area (Å²) in [6.07, 6.45) is 0. The molecule has 19 heavy (non-hydrogen) atoms. The molecule has 0 bridgehead atoms. The minimum atomic E-state index is 0.466. The van der Waals surface area contributed by atoms with Gasteiger partial charge in [0.25, 0.3) is 0 Å². The van der Waals surface area contributed by atoms with Gasteiger partial charge in [-0.15, -0.1) is 0 Å². The van der Waals surface area contributed by atoms with Crippen molar-refractivity contribution in [2.24, 2.45) is 5.73 Å². The fourth-order valence-electron chi connectivity index (χ4n) is 2.66. The van der Waals surface area contributed by atoms with Crippen LogP contribution in [0.25, 0.3) is 0 Å². The fourth-order valence-corrected chi connectivity index (χ4v) is 3.18. The molecule has 0 spiro atoms. The third-order valence-corrected chi connectivity index (χ3v) is 4.45. The summed E-state index contributed by atoms with van der Waals surface area (Å²) in [7, 11) is 0. The molecule has 1 aromatic carbocycles. The van der Waals surface area contributed by atoms with E-state index in [2.05, 4.69) is 45.6 Å². The van der Waals surface area contributed by atoms with Crippen LogP contribution in [-0.4, -0.2) is 42.1 Å². The van der Waals surface area contributed by atoms with Gasteiger partial charge in [-0.3, -0.25) is 4.90 Å². The lowest BCUT2D eigenvalue weighted by Gasteiger charge is -2.41. The molecule has 0 aliphatic carbocycles. The van der Waals surface area contributed by atoms with Crippen molar-refractivity contribution < 1.29 is 0 Å². The molecular formula is C14H20BrN3S. The van der Waals surface area contributed by atoms with Crippen molar-refractivity contribution in [1.29, 1.82) is 0 Å². The maximum atomic E-state index is 5.84. The van der Waals surface area contributed by atoms with E-state index in [1.807, 2.05) is 12.1 Å². The van der Waals surface area contributed by atoms with Crippen molar-refractivity contribution in [1.82, 2.24) is 4.90 Å². The van der Waals surface area contributed by atoms with E-state index < -0.39 is 0 Å². The number of anilines is 1. The SMILES string of the molecule is CCN1CCN(c2cc(Br)ccc2C(N)=S)CC1C. The zero-order valence-electron chi connectivity index (χ0n) is 11.4. The second-order valence-electron chi connectivity index (χ2n) is 4.95. The average molecular weight is 342 g/mol. The number of nitrogens with zero attached hydrogens (tertiary/aromatic N) is 2. The Morgan fingerprint density at radius 2 is 2.21 bits per heavy atom. The molecule has 1 fully saturated rings. The lowest BCUT2D eigenvalue weighted by molar-refractivity contribution is 0.199. The monoisotopic (exact) mass is 341 g/mol. The molecule has 5 heteroatoms. The number of benzene rings is 1. The Balaban J connectivity index is 2.27. The van der Waals surface area contributed by atoms with Crippen LogP contribution in [0.15, 0.2) is 22.7 Å². The van der Waals surface area contributed by atoms with Crippen LogP contribution in [0.2, 0.25) is 0 Å². The fraction of sp³-hybridized carbons (Fsp3) is 0.500. The predicted molar refractivity (Wildman–Crippen MR) is 89.0 cm³/mol. The molecule has 2 N–H and O–H groups in total. The van der Waals surface area contributed by atoms with E-state index in [0.29, 0.717) is 11.0 Å². The molecule has 1 saturated heterocycles. The van der Waals surface area contributed by atoms with E-state index >= 15 is 0 Å². The van der Waals surface area contributed by atoms with Gasteiger partial charge < -0.3 is 10.6 Å². The number of likely N-dealkylation sites (N-methyl/N-ethyl adjacent to an activating group) is 1. The van der Waals surface area contributed by atoms with Crippen molar-refractivity contribution in [3.8, 4) is 0 Å². The first-order chi connectivity index (χ1) is 9.02. The number of halogens is 1. The van der Waals surface area contributed by atoms with Crippen molar-refractivity contribution in [3.63, 3.8) is 0 Å². The van der Waals surface area contributed by atoms with Crippen molar-refractivity contribution >= 4 is 38.8 Å². The third kappa shape index (κ3) is 3.27. The van der Waals surface area contributed by atoms with Crippen LogP contribution in [0, 0.1) is 0 Å². The van der Waals surface area contributed by atoms with E-state index in [1.54, 1.807) is 0 Å². The molecule has 2 rings (SSSR count). The molecule has 3 nitrogen and oxygen atoms in total.